The first-order valence-corrected chi connectivity index (χ1v) is 8.05. The van der Waals surface area contributed by atoms with Gasteiger partial charge in [0.25, 0.3) is 0 Å². The van der Waals surface area contributed by atoms with Crippen molar-refractivity contribution in [2.75, 3.05) is 0 Å². The van der Waals surface area contributed by atoms with Crippen LogP contribution in [0.15, 0.2) is 60.7 Å². The minimum Gasteiger partial charge on any atom is -0.507 e. The molecule has 23 heavy (non-hydrogen) atoms. The van der Waals surface area contributed by atoms with Crippen LogP contribution in [0.25, 0.3) is 10.8 Å². The molecule has 116 valence electrons. The number of aromatic hydroxyl groups is 1. The SMILES string of the molecule is CCCCc1cc(O)c2ccccc2c1C(=O)c1ccccc1. The van der Waals surface area contributed by atoms with Gasteiger partial charge in [-0.1, -0.05) is 67.9 Å². The molecule has 0 aromatic heterocycles. The van der Waals surface area contributed by atoms with Gasteiger partial charge in [0.2, 0.25) is 0 Å². The van der Waals surface area contributed by atoms with Gasteiger partial charge in [-0.05, 0) is 29.9 Å². The summed E-state index contributed by atoms with van der Waals surface area (Å²) in [5, 5.41) is 11.9. The van der Waals surface area contributed by atoms with Crippen LogP contribution in [0.5, 0.6) is 5.75 Å². The molecule has 0 aliphatic carbocycles. The topological polar surface area (TPSA) is 37.3 Å². The summed E-state index contributed by atoms with van der Waals surface area (Å²) in [7, 11) is 0. The number of benzene rings is 3. The normalized spacial score (nSPS) is 10.8. The summed E-state index contributed by atoms with van der Waals surface area (Å²) in [6.07, 6.45) is 2.84. The highest BCUT2D eigenvalue weighted by atomic mass is 16.3. The fraction of sp³-hybridized carbons (Fsp3) is 0.190. The van der Waals surface area contributed by atoms with Crippen molar-refractivity contribution in [2.45, 2.75) is 26.2 Å². The molecule has 0 spiro atoms. The second-order valence-corrected chi connectivity index (χ2v) is 5.77. The van der Waals surface area contributed by atoms with Crippen LogP contribution in [-0.2, 0) is 6.42 Å². The molecule has 3 aromatic carbocycles. The fourth-order valence-corrected chi connectivity index (χ4v) is 2.98. The zero-order valence-corrected chi connectivity index (χ0v) is 13.3. The molecule has 3 aromatic rings. The Bertz CT molecular complexity index is 835. The van der Waals surface area contributed by atoms with E-state index in [4.69, 9.17) is 0 Å². The molecule has 0 fully saturated rings. The monoisotopic (exact) mass is 304 g/mol. The molecule has 0 bridgehead atoms. The summed E-state index contributed by atoms with van der Waals surface area (Å²) < 4.78 is 0. The van der Waals surface area contributed by atoms with Gasteiger partial charge in [0.15, 0.2) is 5.78 Å². The van der Waals surface area contributed by atoms with E-state index in [1.54, 1.807) is 6.07 Å². The van der Waals surface area contributed by atoms with E-state index in [0.29, 0.717) is 5.56 Å². The minimum atomic E-state index is 0.0212. The Kier molecular flexibility index (Phi) is 4.42. The second kappa shape index (κ2) is 6.66. The number of ketones is 1. The van der Waals surface area contributed by atoms with Crippen LogP contribution in [0, 0.1) is 0 Å². The maximum atomic E-state index is 13.1. The first-order chi connectivity index (χ1) is 11.2. The van der Waals surface area contributed by atoms with Gasteiger partial charge in [0.05, 0.1) is 0 Å². The number of carbonyl (C=O) groups is 1. The highest BCUT2D eigenvalue weighted by Crippen LogP contribution is 2.33. The lowest BCUT2D eigenvalue weighted by Crippen LogP contribution is -2.07. The average Bonchev–Trinajstić information content (AvgIpc) is 2.60. The van der Waals surface area contributed by atoms with Crippen LogP contribution >= 0.6 is 0 Å². The molecule has 0 heterocycles. The summed E-state index contributed by atoms with van der Waals surface area (Å²) in [6, 6.07) is 18.7. The lowest BCUT2D eigenvalue weighted by atomic mass is 9.90. The van der Waals surface area contributed by atoms with Gasteiger partial charge in [-0.3, -0.25) is 4.79 Å². The molecule has 0 radical (unpaired) electrons. The predicted octanol–water partition coefficient (Wildman–Crippen LogP) is 5.12. The number of carbonyl (C=O) groups excluding carboxylic acids is 1. The molecule has 0 aliphatic heterocycles. The van der Waals surface area contributed by atoms with Gasteiger partial charge in [0, 0.05) is 16.5 Å². The Balaban J connectivity index is 2.23. The smallest absolute Gasteiger partial charge is 0.193 e. The predicted molar refractivity (Wildman–Crippen MR) is 94.1 cm³/mol. The third-order valence-electron chi connectivity index (χ3n) is 4.17. The molecule has 0 saturated carbocycles. The number of phenolic OH excluding ortho intramolecular Hbond substituents is 1. The molecule has 3 rings (SSSR count). The van der Waals surface area contributed by atoms with Crippen LogP contribution in [0.3, 0.4) is 0 Å². The molecular formula is C21H20O2. The highest BCUT2D eigenvalue weighted by Gasteiger charge is 2.18. The number of hydrogen-bond donors (Lipinski definition) is 1. The van der Waals surface area contributed by atoms with E-state index in [1.807, 2.05) is 54.6 Å². The van der Waals surface area contributed by atoms with Crippen molar-refractivity contribution in [3.63, 3.8) is 0 Å². The standard InChI is InChI=1S/C21H20O2/c1-2-3-9-16-14-19(22)17-12-7-8-13-18(17)20(16)21(23)15-10-5-4-6-11-15/h4-8,10-14,22H,2-3,9H2,1H3. The number of phenols is 1. The first-order valence-electron chi connectivity index (χ1n) is 8.05. The van der Waals surface area contributed by atoms with Gasteiger partial charge in [-0.15, -0.1) is 0 Å². The average molecular weight is 304 g/mol. The Morgan fingerprint density at radius 2 is 1.61 bits per heavy atom. The van der Waals surface area contributed by atoms with E-state index in [2.05, 4.69) is 6.92 Å². The fourth-order valence-electron chi connectivity index (χ4n) is 2.98. The van der Waals surface area contributed by atoms with E-state index in [9.17, 15) is 9.90 Å². The van der Waals surface area contributed by atoms with E-state index >= 15 is 0 Å². The number of hydrogen-bond acceptors (Lipinski definition) is 2. The van der Waals surface area contributed by atoms with Crippen LogP contribution in [-0.4, -0.2) is 10.9 Å². The molecule has 0 saturated heterocycles. The zero-order chi connectivity index (χ0) is 16.2. The van der Waals surface area contributed by atoms with Crippen molar-refractivity contribution < 1.29 is 9.90 Å². The summed E-state index contributed by atoms with van der Waals surface area (Å²) in [5.41, 5.74) is 2.33. The van der Waals surface area contributed by atoms with Crippen molar-refractivity contribution in [1.82, 2.24) is 0 Å². The summed E-state index contributed by atoms with van der Waals surface area (Å²) in [4.78, 5) is 13.1. The number of aryl methyl sites for hydroxylation is 1. The lowest BCUT2D eigenvalue weighted by Gasteiger charge is -2.14. The maximum absolute atomic E-state index is 13.1. The number of unbranched alkanes of at least 4 members (excludes halogenated alkanes) is 1. The van der Waals surface area contributed by atoms with Crippen LogP contribution in [0.1, 0.15) is 41.3 Å². The summed E-state index contributed by atoms with van der Waals surface area (Å²) in [5.74, 6) is 0.268. The maximum Gasteiger partial charge on any atom is 0.193 e. The molecule has 0 atom stereocenters. The Morgan fingerprint density at radius 3 is 2.30 bits per heavy atom. The van der Waals surface area contributed by atoms with Crippen molar-refractivity contribution in [2.24, 2.45) is 0 Å². The third kappa shape index (κ3) is 2.98. The summed E-state index contributed by atoms with van der Waals surface area (Å²) >= 11 is 0. The highest BCUT2D eigenvalue weighted by molar-refractivity contribution is 6.18. The quantitative estimate of drug-likeness (QED) is 0.664. The van der Waals surface area contributed by atoms with Crippen molar-refractivity contribution >= 4 is 16.6 Å². The molecule has 1 N–H and O–H groups in total. The van der Waals surface area contributed by atoms with E-state index < -0.39 is 0 Å². The van der Waals surface area contributed by atoms with Crippen LogP contribution in [0.4, 0.5) is 0 Å². The number of rotatable bonds is 5. The molecule has 2 nitrogen and oxygen atoms in total. The molecule has 0 unspecified atom stereocenters. The molecule has 2 heteroatoms. The van der Waals surface area contributed by atoms with Crippen molar-refractivity contribution in [1.29, 1.82) is 0 Å². The van der Waals surface area contributed by atoms with Crippen LogP contribution < -0.4 is 0 Å². The summed E-state index contributed by atoms with van der Waals surface area (Å²) in [6.45, 7) is 2.12. The third-order valence-corrected chi connectivity index (χ3v) is 4.17. The van der Waals surface area contributed by atoms with E-state index in [0.717, 1.165) is 41.2 Å². The van der Waals surface area contributed by atoms with Gasteiger partial charge in [-0.2, -0.15) is 0 Å². The Hall–Kier alpha value is -2.61. The minimum absolute atomic E-state index is 0.0212. The molecule has 0 amide bonds. The Labute approximate surface area is 136 Å². The van der Waals surface area contributed by atoms with E-state index in [-0.39, 0.29) is 11.5 Å². The first kappa shape index (κ1) is 15.3. The Morgan fingerprint density at radius 1 is 0.957 bits per heavy atom. The molecular weight excluding hydrogens is 284 g/mol. The zero-order valence-electron chi connectivity index (χ0n) is 13.3. The lowest BCUT2D eigenvalue weighted by molar-refractivity contribution is 0.103. The second-order valence-electron chi connectivity index (χ2n) is 5.77. The van der Waals surface area contributed by atoms with Crippen molar-refractivity contribution in [3.05, 3.63) is 77.4 Å². The van der Waals surface area contributed by atoms with E-state index in [1.165, 1.54) is 0 Å². The van der Waals surface area contributed by atoms with Gasteiger partial charge in [0.1, 0.15) is 5.75 Å². The van der Waals surface area contributed by atoms with Gasteiger partial charge < -0.3 is 5.11 Å². The van der Waals surface area contributed by atoms with Gasteiger partial charge >= 0.3 is 0 Å². The van der Waals surface area contributed by atoms with Gasteiger partial charge in [-0.25, -0.2) is 0 Å². The number of fused-ring (bicyclic) bond motifs is 1. The largest absolute Gasteiger partial charge is 0.507 e. The van der Waals surface area contributed by atoms with Crippen molar-refractivity contribution in [3.8, 4) is 5.75 Å². The van der Waals surface area contributed by atoms with Crippen LogP contribution in [0.2, 0.25) is 0 Å². The molecule has 0 aliphatic rings.